The molecule has 2 N–H and O–H groups in total. The summed E-state index contributed by atoms with van der Waals surface area (Å²) in [4.78, 5) is 26.8. The summed E-state index contributed by atoms with van der Waals surface area (Å²) in [5.74, 6) is 2.44. The molecule has 0 bridgehead atoms. The molecule has 1 saturated heterocycles. The van der Waals surface area contributed by atoms with Crippen molar-refractivity contribution in [2.75, 3.05) is 52.7 Å². The fourth-order valence-corrected chi connectivity index (χ4v) is 4.14. The second kappa shape index (κ2) is 9.62. The van der Waals surface area contributed by atoms with Gasteiger partial charge in [0.15, 0.2) is 0 Å². The van der Waals surface area contributed by atoms with Crippen LogP contribution in [0.1, 0.15) is 46.3 Å². The highest BCUT2D eigenvalue weighted by Crippen LogP contribution is 2.28. The first kappa shape index (κ1) is 21.5. The molecule has 1 aromatic carbocycles. The van der Waals surface area contributed by atoms with E-state index in [2.05, 4.69) is 15.5 Å². The molecule has 0 aliphatic carbocycles. The van der Waals surface area contributed by atoms with Gasteiger partial charge in [-0.3, -0.25) is 4.79 Å². The van der Waals surface area contributed by atoms with Gasteiger partial charge in [-0.25, -0.2) is 9.97 Å². The first-order valence-electron chi connectivity index (χ1n) is 11.0. The summed E-state index contributed by atoms with van der Waals surface area (Å²) in [7, 11) is 5.91. The lowest BCUT2D eigenvalue weighted by Gasteiger charge is -2.30. The molecule has 1 fully saturated rings. The Balaban J connectivity index is 1.50. The Morgan fingerprint density at radius 1 is 1.35 bits per heavy atom. The van der Waals surface area contributed by atoms with Crippen LogP contribution in [0, 0.1) is 0 Å². The Morgan fingerprint density at radius 2 is 2.23 bits per heavy atom. The quantitative estimate of drug-likeness (QED) is 0.704. The van der Waals surface area contributed by atoms with Crippen LogP contribution in [-0.2, 0) is 13.0 Å². The van der Waals surface area contributed by atoms with Crippen LogP contribution in [0.15, 0.2) is 24.3 Å². The minimum absolute atomic E-state index is 0.00821. The highest BCUT2D eigenvalue weighted by Gasteiger charge is 2.28. The number of benzene rings is 1. The molecule has 31 heavy (non-hydrogen) atoms. The van der Waals surface area contributed by atoms with E-state index in [-0.39, 0.29) is 11.9 Å². The van der Waals surface area contributed by atoms with E-state index in [1.54, 1.807) is 0 Å². The monoisotopic (exact) mass is 424 g/mol. The fourth-order valence-electron chi connectivity index (χ4n) is 4.14. The summed E-state index contributed by atoms with van der Waals surface area (Å²) in [5.41, 5.74) is 2.71. The van der Waals surface area contributed by atoms with E-state index in [1.165, 1.54) is 0 Å². The summed E-state index contributed by atoms with van der Waals surface area (Å²) in [6.45, 7) is 3.56. The maximum absolute atomic E-state index is 13.2. The number of hydrogen-bond acceptors (Lipinski definition) is 7. The van der Waals surface area contributed by atoms with Crippen molar-refractivity contribution in [2.45, 2.75) is 31.8 Å². The molecule has 8 nitrogen and oxygen atoms in total. The van der Waals surface area contributed by atoms with Crippen molar-refractivity contribution in [1.82, 2.24) is 25.1 Å². The van der Waals surface area contributed by atoms with Crippen molar-refractivity contribution >= 4 is 11.7 Å². The van der Waals surface area contributed by atoms with Gasteiger partial charge in [0.25, 0.3) is 5.91 Å². The molecule has 1 unspecified atom stereocenters. The fraction of sp³-hybridized carbons (Fsp3) is 0.522. The zero-order valence-electron chi connectivity index (χ0n) is 18.6. The molecule has 2 aliphatic heterocycles. The van der Waals surface area contributed by atoms with Gasteiger partial charge in [-0.2, -0.15) is 0 Å². The van der Waals surface area contributed by atoms with Crippen LogP contribution in [0.5, 0.6) is 5.75 Å². The van der Waals surface area contributed by atoms with Gasteiger partial charge in [0.2, 0.25) is 0 Å². The minimum Gasteiger partial charge on any atom is -0.492 e. The van der Waals surface area contributed by atoms with E-state index < -0.39 is 0 Å². The van der Waals surface area contributed by atoms with Gasteiger partial charge in [0.05, 0.1) is 18.3 Å². The molecule has 3 heterocycles. The first-order chi connectivity index (χ1) is 15.0. The third-order valence-electron chi connectivity index (χ3n) is 5.87. The molecule has 8 heteroatoms. The molecule has 0 spiro atoms. The number of fused-ring (bicyclic) bond motifs is 1. The van der Waals surface area contributed by atoms with E-state index in [0.29, 0.717) is 25.3 Å². The van der Waals surface area contributed by atoms with Crippen LogP contribution < -0.4 is 15.4 Å². The lowest BCUT2D eigenvalue weighted by atomic mass is 10.0. The van der Waals surface area contributed by atoms with Gasteiger partial charge in [0, 0.05) is 31.3 Å². The Bertz CT molecular complexity index is 926. The van der Waals surface area contributed by atoms with Crippen LogP contribution in [0.4, 0.5) is 5.82 Å². The largest absolute Gasteiger partial charge is 0.492 e. The number of anilines is 1. The molecule has 1 amide bonds. The number of likely N-dealkylation sites (N-methyl/N-ethyl adjacent to an activating group) is 1. The number of carbonyl (C=O) groups is 1. The average molecular weight is 425 g/mol. The highest BCUT2D eigenvalue weighted by molar-refractivity contribution is 5.94. The minimum atomic E-state index is 0.00821. The lowest BCUT2D eigenvalue weighted by molar-refractivity contribution is 0.0731. The second-order valence-corrected chi connectivity index (χ2v) is 8.41. The molecule has 1 atom stereocenters. The van der Waals surface area contributed by atoms with Gasteiger partial charge in [-0.1, -0.05) is 6.07 Å². The van der Waals surface area contributed by atoms with Crippen molar-refractivity contribution < 1.29 is 9.53 Å². The van der Waals surface area contributed by atoms with Gasteiger partial charge in [-0.15, -0.1) is 0 Å². The van der Waals surface area contributed by atoms with E-state index in [9.17, 15) is 4.79 Å². The number of ether oxygens (including phenoxy) is 1. The average Bonchev–Trinajstić information content (AvgIpc) is 3.32. The Hall–Kier alpha value is -2.71. The third-order valence-corrected chi connectivity index (χ3v) is 5.87. The van der Waals surface area contributed by atoms with Crippen molar-refractivity contribution in [3.63, 3.8) is 0 Å². The van der Waals surface area contributed by atoms with Crippen LogP contribution in [0.25, 0.3) is 0 Å². The molecule has 1 aromatic heterocycles. The molecule has 0 saturated carbocycles. The zero-order valence-corrected chi connectivity index (χ0v) is 18.6. The van der Waals surface area contributed by atoms with Crippen molar-refractivity contribution in [3.05, 3.63) is 46.9 Å². The smallest absolute Gasteiger partial charge is 0.254 e. The van der Waals surface area contributed by atoms with E-state index in [0.717, 1.165) is 61.0 Å². The zero-order chi connectivity index (χ0) is 21.8. The van der Waals surface area contributed by atoms with Crippen molar-refractivity contribution in [2.24, 2.45) is 0 Å². The summed E-state index contributed by atoms with van der Waals surface area (Å²) < 4.78 is 5.81. The van der Waals surface area contributed by atoms with E-state index in [1.807, 2.05) is 50.3 Å². The molecular formula is C23H32N6O2. The standard InChI is InChI=1S/C23H32N6O2/c1-24-21-18-9-11-29(15-20(18)26-22(27-21)19-8-5-10-25-19)23(30)16-6-4-7-17(14-16)31-13-12-28(2)3/h4,6-7,14,19,25H,5,8-13,15H2,1-3H3,(H,24,26,27). The number of amides is 1. The van der Waals surface area contributed by atoms with Gasteiger partial charge in [-0.05, 0) is 58.1 Å². The van der Waals surface area contributed by atoms with Crippen LogP contribution in [-0.4, -0.2) is 73.1 Å². The van der Waals surface area contributed by atoms with E-state index >= 15 is 0 Å². The van der Waals surface area contributed by atoms with Gasteiger partial charge >= 0.3 is 0 Å². The third kappa shape index (κ3) is 4.97. The summed E-state index contributed by atoms with van der Waals surface area (Å²) in [5, 5.41) is 6.70. The molecular weight excluding hydrogens is 392 g/mol. The molecule has 2 aliphatic rings. The van der Waals surface area contributed by atoms with Gasteiger partial charge < -0.3 is 25.2 Å². The van der Waals surface area contributed by atoms with E-state index in [4.69, 9.17) is 14.7 Å². The van der Waals surface area contributed by atoms with Gasteiger partial charge in [0.1, 0.15) is 24.0 Å². The number of aromatic nitrogens is 2. The molecule has 2 aromatic rings. The maximum atomic E-state index is 13.2. The Labute approximate surface area is 184 Å². The molecule has 4 rings (SSSR count). The first-order valence-corrected chi connectivity index (χ1v) is 11.0. The van der Waals surface area contributed by atoms with Crippen molar-refractivity contribution in [1.29, 1.82) is 0 Å². The molecule has 0 radical (unpaired) electrons. The number of hydrogen-bond donors (Lipinski definition) is 2. The Morgan fingerprint density at radius 3 is 2.97 bits per heavy atom. The van der Waals surface area contributed by atoms with Crippen molar-refractivity contribution in [3.8, 4) is 5.75 Å². The number of nitrogens with one attached hydrogen (secondary N) is 2. The topological polar surface area (TPSA) is 82.6 Å². The van der Waals surface area contributed by atoms with Crippen LogP contribution >= 0.6 is 0 Å². The predicted octanol–water partition coefficient (Wildman–Crippen LogP) is 2.08. The Kier molecular flexibility index (Phi) is 6.67. The summed E-state index contributed by atoms with van der Waals surface area (Å²) in [6.07, 6.45) is 2.93. The second-order valence-electron chi connectivity index (χ2n) is 8.41. The number of rotatable bonds is 7. The lowest BCUT2D eigenvalue weighted by Crippen LogP contribution is -2.37. The summed E-state index contributed by atoms with van der Waals surface area (Å²) in [6, 6.07) is 7.65. The normalized spacial score (nSPS) is 18.2. The van der Waals surface area contributed by atoms with Crippen LogP contribution in [0.2, 0.25) is 0 Å². The SMILES string of the molecule is CNc1nc(C2CCCN2)nc2c1CCN(C(=O)c1cccc(OCCN(C)C)c1)C2. The number of carbonyl (C=O) groups excluding carboxylic acids is 1. The predicted molar refractivity (Wildman–Crippen MR) is 120 cm³/mol. The highest BCUT2D eigenvalue weighted by atomic mass is 16.5. The summed E-state index contributed by atoms with van der Waals surface area (Å²) >= 11 is 0. The molecule has 166 valence electrons. The maximum Gasteiger partial charge on any atom is 0.254 e. The number of nitrogens with zero attached hydrogens (tertiary/aromatic N) is 4. The van der Waals surface area contributed by atoms with Crippen LogP contribution in [0.3, 0.4) is 0 Å².